The molecule has 1 heterocycles. The summed E-state index contributed by atoms with van der Waals surface area (Å²) in [6.45, 7) is 7.54. The lowest BCUT2D eigenvalue weighted by Gasteiger charge is -2.35. The maximum absolute atomic E-state index is 5.99. The Balaban J connectivity index is 2.00. The number of hydrogen-bond acceptors (Lipinski definition) is 2. The van der Waals surface area contributed by atoms with Gasteiger partial charge in [0.15, 0.2) is 0 Å². The van der Waals surface area contributed by atoms with E-state index < -0.39 is 0 Å². The van der Waals surface area contributed by atoms with Gasteiger partial charge in [-0.15, -0.1) is 0 Å². The van der Waals surface area contributed by atoms with Gasteiger partial charge in [0.05, 0.1) is 5.69 Å². The van der Waals surface area contributed by atoms with Crippen molar-refractivity contribution in [1.29, 1.82) is 0 Å². The Morgan fingerprint density at radius 1 is 1.31 bits per heavy atom. The van der Waals surface area contributed by atoms with Crippen molar-refractivity contribution < 1.29 is 4.74 Å². The average molecular weight is 217 g/mol. The fraction of sp³-hybridized carbons (Fsp3) is 0.500. The van der Waals surface area contributed by atoms with E-state index in [0.29, 0.717) is 0 Å². The molecule has 2 radical (unpaired) electrons. The molecule has 1 unspecified atom stereocenters. The Hall–Kier alpha value is -1.18. The molecule has 2 nitrogen and oxygen atoms in total. The zero-order chi connectivity index (χ0) is 11.4. The molecule has 0 saturated heterocycles. The standard InChI is InChI=1S/C14H19NO/c1-3-4-7-10-14(2)11-15-12-8-5-6-9-13(12)16-14/h5-6,8-9,15H,3-4,7,10H2,1-2H3. The molecule has 2 heteroatoms. The molecule has 1 N–H and O–H groups in total. The van der Waals surface area contributed by atoms with Crippen molar-refractivity contribution in [2.75, 3.05) is 5.32 Å². The van der Waals surface area contributed by atoms with E-state index in [1.165, 1.54) is 19.3 Å². The molecule has 2 rings (SSSR count). The van der Waals surface area contributed by atoms with Gasteiger partial charge in [0.2, 0.25) is 0 Å². The molecule has 0 fully saturated rings. The topological polar surface area (TPSA) is 21.3 Å². The first-order chi connectivity index (χ1) is 7.73. The van der Waals surface area contributed by atoms with Gasteiger partial charge in [-0.3, -0.25) is 0 Å². The van der Waals surface area contributed by atoms with Gasteiger partial charge in [0.1, 0.15) is 17.9 Å². The third-order valence-electron chi connectivity index (χ3n) is 2.94. The van der Waals surface area contributed by atoms with Gasteiger partial charge in [0.25, 0.3) is 0 Å². The summed E-state index contributed by atoms with van der Waals surface area (Å²) in [5.41, 5.74) is 0.722. The number of fused-ring (bicyclic) bond motifs is 1. The molecule has 0 spiro atoms. The minimum Gasteiger partial charge on any atom is -0.483 e. The van der Waals surface area contributed by atoms with Gasteiger partial charge < -0.3 is 10.1 Å². The van der Waals surface area contributed by atoms with E-state index in [1.807, 2.05) is 24.3 Å². The predicted octanol–water partition coefficient (Wildman–Crippen LogP) is 3.87. The lowest BCUT2D eigenvalue weighted by atomic mass is 9.96. The van der Waals surface area contributed by atoms with E-state index >= 15 is 0 Å². The largest absolute Gasteiger partial charge is 0.483 e. The van der Waals surface area contributed by atoms with Gasteiger partial charge in [-0.25, -0.2) is 0 Å². The summed E-state index contributed by atoms with van der Waals surface area (Å²) in [4.78, 5) is 0. The van der Waals surface area contributed by atoms with E-state index in [1.54, 1.807) is 0 Å². The first kappa shape index (κ1) is 11.3. The molecule has 1 aliphatic heterocycles. The Morgan fingerprint density at radius 2 is 2.12 bits per heavy atom. The van der Waals surface area contributed by atoms with Crippen molar-refractivity contribution in [2.24, 2.45) is 0 Å². The molecule has 1 aromatic carbocycles. The van der Waals surface area contributed by atoms with Crippen LogP contribution in [0.1, 0.15) is 39.5 Å². The van der Waals surface area contributed by atoms with Crippen LogP contribution in [0, 0.1) is 6.54 Å². The number of benzene rings is 1. The normalized spacial score (nSPS) is 23.1. The van der Waals surface area contributed by atoms with E-state index in [-0.39, 0.29) is 5.60 Å². The minimum atomic E-state index is -0.288. The first-order valence-electron chi connectivity index (χ1n) is 6.05. The van der Waals surface area contributed by atoms with Crippen LogP contribution in [0.15, 0.2) is 24.3 Å². The zero-order valence-electron chi connectivity index (χ0n) is 10.0. The summed E-state index contributed by atoms with van der Waals surface area (Å²) in [5.74, 6) is 0.931. The van der Waals surface area contributed by atoms with Crippen molar-refractivity contribution in [1.82, 2.24) is 0 Å². The van der Waals surface area contributed by atoms with Crippen LogP contribution >= 0.6 is 0 Å². The highest BCUT2D eigenvalue weighted by Gasteiger charge is 2.31. The maximum Gasteiger partial charge on any atom is 0.143 e. The number of nitrogens with one attached hydrogen (secondary N) is 1. The lowest BCUT2D eigenvalue weighted by Crippen LogP contribution is -2.38. The first-order valence-corrected chi connectivity index (χ1v) is 6.05. The van der Waals surface area contributed by atoms with Gasteiger partial charge >= 0.3 is 0 Å². The summed E-state index contributed by atoms with van der Waals surface area (Å²) < 4.78 is 5.99. The Morgan fingerprint density at radius 3 is 2.94 bits per heavy atom. The van der Waals surface area contributed by atoms with Crippen LogP contribution in [0.4, 0.5) is 5.69 Å². The average Bonchev–Trinajstić information content (AvgIpc) is 2.29. The SMILES string of the molecule is CCCCCC1(C)[C]Nc2ccccc2O1. The highest BCUT2D eigenvalue weighted by Crippen LogP contribution is 2.36. The Bertz CT molecular complexity index is 350. The second-order valence-corrected chi connectivity index (χ2v) is 4.54. The quantitative estimate of drug-likeness (QED) is 0.773. The third-order valence-corrected chi connectivity index (χ3v) is 2.94. The number of unbranched alkanes of at least 4 members (excludes halogenated alkanes) is 2. The number of para-hydroxylation sites is 2. The third kappa shape index (κ3) is 2.49. The predicted molar refractivity (Wildman–Crippen MR) is 66.5 cm³/mol. The molecule has 0 aromatic heterocycles. The highest BCUT2D eigenvalue weighted by molar-refractivity contribution is 5.59. The molecular formula is C14H19NO. The molecule has 0 saturated carbocycles. The van der Waals surface area contributed by atoms with Crippen LogP contribution in [-0.4, -0.2) is 5.60 Å². The molecule has 0 bridgehead atoms. The van der Waals surface area contributed by atoms with E-state index in [2.05, 4.69) is 25.7 Å². The summed E-state index contributed by atoms with van der Waals surface area (Å²) in [6, 6.07) is 8.00. The van der Waals surface area contributed by atoms with Crippen LogP contribution in [0.2, 0.25) is 0 Å². The van der Waals surface area contributed by atoms with Crippen molar-refractivity contribution in [3.8, 4) is 5.75 Å². The van der Waals surface area contributed by atoms with Gasteiger partial charge in [-0.1, -0.05) is 31.9 Å². The highest BCUT2D eigenvalue weighted by atomic mass is 16.5. The summed E-state index contributed by atoms with van der Waals surface area (Å²) in [7, 11) is 0. The molecule has 1 atom stereocenters. The fourth-order valence-electron chi connectivity index (χ4n) is 1.95. The molecule has 0 amide bonds. The van der Waals surface area contributed by atoms with Crippen molar-refractivity contribution in [3.05, 3.63) is 30.8 Å². The van der Waals surface area contributed by atoms with Crippen LogP contribution in [-0.2, 0) is 0 Å². The molecule has 1 aliphatic rings. The Labute approximate surface area is 98.0 Å². The number of hydrogen-bond donors (Lipinski definition) is 1. The van der Waals surface area contributed by atoms with Gasteiger partial charge in [0, 0.05) is 0 Å². The summed E-state index contributed by atoms with van der Waals surface area (Å²) in [6.07, 6.45) is 4.69. The number of ether oxygens (including phenoxy) is 1. The molecule has 0 aliphatic carbocycles. The second-order valence-electron chi connectivity index (χ2n) is 4.54. The number of rotatable bonds is 4. The summed E-state index contributed by atoms with van der Waals surface area (Å²) in [5, 5.41) is 3.21. The van der Waals surface area contributed by atoms with E-state index in [9.17, 15) is 0 Å². The van der Waals surface area contributed by atoms with E-state index in [0.717, 1.165) is 17.9 Å². The van der Waals surface area contributed by atoms with Crippen molar-refractivity contribution in [2.45, 2.75) is 45.1 Å². The molecule has 86 valence electrons. The second kappa shape index (κ2) is 4.77. The van der Waals surface area contributed by atoms with Crippen LogP contribution in [0.3, 0.4) is 0 Å². The molecule has 16 heavy (non-hydrogen) atoms. The molecule has 1 aromatic rings. The minimum absolute atomic E-state index is 0.288. The Kier molecular flexibility index (Phi) is 3.37. The van der Waals surface area contributed by atoms with Crippen LogP contribution in [0.5, 0.6) is 5.75 Å². The van der Waals surface area contributed by atoms with Crippen LogP contribution < -0.4 is 10.1 Å². The number of anilines is 1. The van der Waals surface area contributed by atoms with Crippen LogP contribution in [0.25, 0.3) is 0 Å². The summed E-state index contributed by atoms with van der Waals surface area (Å²) >= 11 is 0. The molecular weight excluding hydrogens is 198 g/mol. The maximum atomic E-state index is 5.99. The lowest BCUT2D eigenvalue weighted by molar-refractivity contribution is 0.106. The monoisotopic (exact) mass is 217 g/mol. The smallest absolute Gasteiger partial charge is 0.143 e. The van der Waals surface area contributed by atoms with Gasteiger partial charge in [-0.05, 0) is 31.9 Å². The van der Waals surface area contributed by atoms with Crippen molar-refractivity contribution in [3.63, 3.8) is 0 Å². The van der Waals surface area contributed by atoms with Gasteiger partial charge in [-0.2, -0.15) is 0 Å². The zero-order valence-corrected chi connectivity index (χ0v) is 10.0. The van der Waals surface area contributed by atoms with E-state index in [4.69, 9.17) is 4.74 Å². The fourth-order valence-corrected chi connectivity index (χ4v) is 1.95. The van der Waals surface area contributed by atoms with Crippen molar-refractivity contribution >= 4 is 5.69 Å².